The van der Waals surface area contributed by atoms with Crippen LogP contribution in [-0.4, -0.2) is 35.4 Å². The molecule has 1 amide bonds. The number of likely N-dealkylation sites (tertiary alicyclic amines) is 1. The first-order valence-corrected chi connectivity index (χ1v) is 8.65. The zero-order chi connectivity index (χ0) is 15.5. The molecule has 0 bridgehead atoms. The molecule has 2 fully saturated rings. The smallest absolute Gasteiger partial charge is 0.219 e. The topological polar surface area (TPSA) is 36.4 Å². The Bertz CT molecular complexity index is 537. The van der Waals surface area contributed by atoms with Crippen LogP contribution in [0.2, 0.25) is 0 Å². The van der Waals surface area contributed by atoms with Crippen molar-refractivity contribution in [3.05, 3.63) is 23.4 Å². The van der Waals surface area contributed by atoms with Crippen molar-refractivity contribution in [3.63, 3.8) is 0 Å². The van der Waals surface area contributed by atoms with E-state index < -0.39 is 0 Å². The zero-order valence-electron chi connectivity index (χ0n) is 13.8. The summed E-state index contributed by atoms with van der Waals surface area (Å²) in [7, 11) is 0. The van der Waals surface area contributed by atoms with E-state index in [2.05, 4.69) is 17.9 Å². The second kappa shape index (κ2) is 6.67. The minimum absolute atomic E-state index is 0.184. The number of aromatic nitrogens is 1. The molecule has 0 radical (unpaired) electrons. The van der Waals surface area contributed by atoms with Crippen LogP contribution in [0.3, 0.4) is 0 Å². The Hall–Kier alpha value is -1.58. The van der Waals surface area contributed by atoms with Gasteiger partial charge in [0.05, 0.1) is 6.04 Å². The SMILES string of the molecule is CC(=O)N1CCCC[C@@H]1c1cnc(N2CCCCC2)cc1C. The normalized spacial score (nSPS) is 22.7. The van der Waals surface area contributed by atoms with E-state index in [-0.39, 0.29) is 11.9 Å². The van der Waals surface area contributed by atoms with Gasteiger partial charge in [0.25, 0.3) is 0 Å². The fourth-order valence-electron chi connectivity index (χ4n) is 3.83. The van der Waals surface area contributed by atoms with Crippen LogP contribution >= 0.6 is 0 Å². The van der Waals surface area contributed by atoms with Gasteiger partial charge >= 0.3 is 0 Å². The van der Waals surface area contributed by atoms with Crippen LogP contribution in [0.5, 0.6) is 0 Å². The van der Waals surface area contributed by atoms with Crippen molar-refractivity contribution in [2.24, 2.45) is 0 Å². The van der Waals surface area contributed by atoms with Crippen molar-refractivity contribution in [1.82, 2.24) is 9.88 Å². The number of aryl methyl sites for hydroxylation is 1. The number of carbonyl (C=O) groups is 1. The minimum atomic E-state index is 0.184. The second-order valence-electron chi connectivity index (χ2n) is 6.67. The van der Waals surface area contributed by atoms with E-state index in [9.17, 15) is 4.79 Å². The molecule has 0 unspecified atom stereocenters. The van der Waals surface area contributed by atoms with Gasteiger partial charge in [-0.15, -0.1) is 0 Å². The molecule has 120 valence electrons. The molecule has 0 spiro atoms. The highest BCUT2D eigenvalue weighted by molar-refractivity contribution is 5.74. The molecule has 22 heavy (non-hydrogen) atoms. The quantitative estimate of drug-likeness (QED) is 0.839. The fraction of sp³-hybridized carbons (Fsp3) is 0.667. The molecule has 1 atom stereocenters. The summed E-state index contributed by atoms with van der Waals surface area (Å²) in [4.78, 5) is 21.0. The van der Waals surface area contributed by atoms with Crippen LogP contribution in [0, 0.1) is 6.92 Å². The lowest BCUT2D eigenvalue weighted by Crippen LogP contribution is -2.37. The van der Waals surface area contributed by atoms with Crippen LogP contribution in [0.25, 0.3) is 0 Å². The summed E-state index contributed by atoms with van der Waals surface area (Å²) >= 11 is 0. The number of nitrogens with zero attached hydrogens (tertiary/aromatic N) is 3. The number of carbonyl (C=O) groups excluding carboxylic acids is 1. The zero-order valence-corrected chi connectivity index (χ0v) is 13.8. The van der Waals surface area contributed by atoms with Gasteiger partial charge in [0.1, 0.15) is 5.82 Å². The van der Waals surface area contributed by atoms with Crippen molar-refractivity contribution in [2.45, 2.75) is 58.4 Å². The summed E-state index contributed by atoms with van der Waals surface area (Å²) < 4.78 is 0. The maximum atomic E-state index is 11.9. The Balaban J connectivity index is 1.83. The van der Waals surface area contributed by atoms with Gasteiger partial charge in [0.15, 0.2) is 0 Å². The Morgan fingerprint density at radius 3 is 2.55 bits per heavy atom. The molecule has 0 N–H and O–H groups in total. The Labute approximate surface area is 133 Å². The van der Waals surface area contributed by atoms with Gasteiger partial charge in [-0.05, 0) is 62.6 Å². The fourth-order valence-corrected chi connectivity index (χ4v) is 3.83. The first kappa shape index (κ1) is 15.3. The first-order chi connectivity index (χ1) is 10.7. The third-order valence-corrected chi connectivity index (χ3v) is 5.08. The van der Waals surface area contributed by atoms with E-state index in [4.69, 9.17) is 4.98 Å². The average Bonchev–Trinajstić information content (AvgIpc) is 2.55. The molecule has 4 heteroatoms. The summed E-state index contributed by atoms with van der Waals surface area (Å²) in [6, 6.07) is 2.43. The molecule has 2 aliphatic rings. The van der Waals surface area contributed by atoms with Gasteiger partial charge in [-0.25, -0.2) is 4.98 Å². The summed E-state index contributed by atoms with van der Waals surface area (Å²) in [5.41, 5.74) is 2.50. The van der Waals surface area contributed by atoms with E-state index in [0.717, 1.165) is 38.3 Å². The van der Waals surface area contributed by atoms with Crippen LogP contribution in [-0.2, 0) is 4.79 Å². The molecular formula is C18H27N3O. The number of hydrogen-bond donors (Lipinski definition) is 0. The lowest BCUT2D eigenvalue weighted by molar-refractivity contribution is -0.132. The molecule has 3 rings (SSSR count). The monoisotopic (exact) mass is 301 g/mol. The number of anilines is 1. The highest BCUT2D eigenvalue weighted by Crippen LogP contribution is 2.33. The first-order valence-electron chi connectivity index (χ1n) is 8.65. The molecule has 1 aromatic rings. The highest BCUT2D eigenvalue weighted by atomic mass is 16.2. The molecule has 2 saturated heterocycles. The van der Waals surface area contributed by atoms with E-state index >= 15 is 0 Å². The lowest BCUT2D eigenvalue weighted by Gasteiger charge is -2.36. The van der Waals surface area contributed by atoms with Gasteiger partial charge in [-0.2, -0.15) is 0 Å². The van der Waals surface area contributed by atoms with Crippen LogP contribution in [0.4, 0.5) is 5.82 Å². The third-order valence-electron chi connectivity index (χ3n) is 5.08. The van der Waals surface area contributed by atoms with E-state index in [0.29, 0.717) is 0 Å². The molecule has 0 saturated carbocycles. The van der Waals surface area contributed by atoms with E-state index in [1.165, 1.54) is 36.8 Å². The lowest BCUT2D eigenvalue weighted by atomic mass is 9.93. The number of pyridine rings is 1. The van der Waals surface area contributed by atoms with Crippen LogP contribution < -0.4 is 4.90 Å². The Morgan fingerprint density at radius 1 is 1.14 bits per heavy atom. The molecule has 2 aliphatic heterocycles. The van der Waals surface area contributed by atoms with Crippen LogP contribution in [0.15, 0.2) is 12.3 Å². The van der Waals surface area contributed by atoms with Crippen molar-refractivity contribution in [2.75, 3.05) is 24.5 Å². The van der Waals surface area contributed by atoms with Gasteiger partial charge in [-0.1, -0.05) is 0 Å². The second-order valence-corrected chi connectivity index (χ2v) is 6.67. The van der Waals surface area contributed by atoms with Gasteiger partial charge in [0, 0.05) is 32.8 Å². The molecule has 0 aromatic carbocycles. The molecular weight excluding hydrogens is 274 g/mol. The highest BCUT2D eigenvalue weighted by Gasteiger charge is 2.27. The summed E-state index contributed by atoms with van der Waals surface area (Å²) in [6.45, 7) is 6.97. The largest absolute Gasteiger partial charge is 0.357 e. The summed E-state index contributed by atoms with van der Waals surface area (Å²) in [6.07, 6.45) is 9.27. The minimum Gasteiger partial charge on any atom is -0.357 e. The van der Waals surface area contributed by atoms with Crippen LogP contribution in [0.1, 0.15) is 62.6 Å². The van der Waals surface area contributed by atoms with Crippen molar-refractivity contribution < 1.29 is 4.79 Å². The van der Waals surface area contributed by atoms with Gasteiger partial charge < -0.3 is 9.80 Å². The van der Waals surface area contributed by atoms with Gasteiger partial charge in [-0.3, -0.25) is 4.79 Å². The number of piperidine rings is 2. The number of hydrogen-bond acceptors (Lipinski definition) is 3. The van der Waals surface area contributed by atoms with E-state index in [1.54, 1.807) is 6.92 Å². The number of amides is 1. The predicted molar refractivity (Wildman–Crippen MR) is 89.0 cm³/mol. The Kier molecular flexibility index (Phi) is 4.65. The summed E-state index contributed by atoms with van der Waals surface area (Å²) in [5, 5.41) is 0. The van der Waals surface area contributed by atoms with Gasteiger partial charge in [0.2, 0.25) is 5.91 Å². The summed E-state index contributed by atoms with van der Waals surface area (Å²) in [5.74, 6) is 1.29. The van der Waals surface area contributed by atoms with Crippen molar-refractivity contribution >= 4 is 11.7 Å². The standard InChI is InChI=1S/C18H27N3O/c1-14-12-18(20-9-5-3-6-10-20)19-13-16(14)17-8-4-7-11-21(17)15(2)22/h12-13,17H,3-11H2,1-2H3/t17-/m1/s1. The average molecular weight is 301 g/mol. The van der Waals surface area contributed by atoms with Crippen molar-refractivity contribution in [3.8, 4) is 0 Å². The molecule has 0 aliphatic carbocycles. The molecule has 1 aromatic heterocycles. The molecule has 4 nitrogen and oxygen atoms in total. The predicted octanol–water partition coefficient (Wildman–Crippen LogP) is 3.45. The van der Waals surface area contributed by atoms with E-state index in [1.807, 2.05) is 11.1 Å². The van der Waals surface area contributed by atoms with Crippen molar-refractivity contribution in [1.29, 1.82) is 0 Å². The number of rotatable bonds is 2. The Morgan fingerprint density at radius 2 is 1.86 bits per heavy atom. The maximum absolute atomic E-state index is 11.9. The third kappa shape index (κ3) is 3.11. The molecule has 3 heterocycles. The maximum Gasteiger partial charge on any atom is 0.219 e.